The Bertz CT molecular complexity index is 856. The van der Waals surface area contributed by atoms with Crippen LogP contribution < -0.4 is 0 Å². The second kappa shape index (κ2) is 6.13. The number of benzene rings is 2. The van der Waals surface area contributed by atoms with Crippen LogP contribution in [0.5, 0.6) is 0 Å². The van der Waals surface area contributed by atoms with Crippen LogP contribution in [0.3, 0.4) is 0 Å². The van der Waals surface area contributed by atoms with Gasteiger partial charge in [0.1, 0.15) is 0 Å². The summed E-state index contributed by atoms with van der Waals surface area (Å²) in [7, 11) is 0. The van der Waals surface area contributed by atoms with Crippen molar-refractivity contribution in [3.63, 3.8) is 0 Å². The van der Waals surface area contributed by atoms with E-state index in [9.17, 15) is 0 Å². The van der Waals surface area contributed by atoms with Gasteiger partial charge in [0.05, 0.1) is 15.7 Å². The number of halogens is 3. The minimum absolute atomic E-state index is 0.490. The Kier molecular flexibility index (Phi) is 4.21. The van der Waals surface area contributed by atoms with Crippen LogP contribution in [0.1, 0.15) is 5.82 Å². The molecule has 3 nitrogen and oxygen atoms in total. The SMILES string of the molecule is C=Cc1nnc(-c2ccc(Cl)cc2Cl)n1-c1ccccc1Cl. The summed E-state index contributed by atoms with van der Waals surface area (Å²) in [5.74, 6) is 1.15. The van der Waals surface area contributed by atoms with Crippen molar-refractivity contribution in [1.82, 2.24) is 14.8 Å². The molecule has 3 aromatic rings. The van der Waals surface area contributed by atoms with E-state index in [2.05, 4.69) is 16.8 Å². The van der Waals surface area contributed by atoms with Crippen molar-refractivity contribution < 1.29 is 0 Å². The quantitative estimate of drug-likeness (QED) is 0.621. The lowest BCUT2D eigenvalue weighted by Gasteiger charge is -2.11. The first-order chi connectivity index (χ1) is 10.6. The minimum Gasteiger partial charge on any atom is -0.274 e. The molecule has 0 fully saturated rings. The number of rotatable bonds is 3. The topological polar surface area (TPSA) is 30.7 Å². The van der Waals surface area contributed by atoms with E-state index in [1.54, 1.807) is 30.3 Å². The molecule has 0 aliphatic carbocycles. The maximum atomic E-state index is 6.30. The van der Waals surface area contributed by atoms with Gasteiger partial charge in [-0.3, -0.25) is 4.57 Å². The predicted molar refractivity (Wildman–Crippen MR) is 91.9 cm³/mol. The summed E-state index contributed by atoms with van der Waals surface area (Å²) in [6, 6.07) is 12.7. The largest absolute Gasteiger partial charge is 0.274 e. The van der Waals surface area contributed by atoms with Crippen molar-refractivity contribution in [2.75, 3.05) is 0 Å². The number of aromatic nitrogens is 3. The van der Waals surface area contributed by atoms with Crippen molar-refractivity contribution >= 4 is 40.9 Å². The van der Waals surface area contributed by atoms with Crippen molar-refractivity contribution in [1.29, 1.82) is 0 Å². The lowest BCUT2D eigenvalue weighted by atomic mass is 10.2. The maximum Gasteiger partial charge on any atom is 0.170 e. The van der Waals surface area contributed by atoms with Crippen LogP contribution in [0.2, 0.25) is 15.1 Å². The van der Waals surface area contributed by atoms with Gasteiger partial charge < -0.3 is 0 Å². The van der Waals surface area contributed by atoms with Gasteiger partial charge in [0, 0.05) is 10.6 Å². The van der Waals surface area contributed by atoms with Gasteiger partial charge in [-0.25, -0.2) is 0 Å². The normalized spacial score (nSPS) is 10.7. The number of hydrogen-bond acceptors (Lipinski definition) is 2. The molecular weight excluding hydrogens is 341 g/mol. The third-order valence-corrected chi connectivity index (χ3v) is 4.00. The monoisotopic (exact) mass is 349 g/mol. The van der Waals surface area contributed by atoms with Crippen LogP contribution >= 0.6 is 34.8 Å². The highest BCUT2D eigenvalue weighted by Crippen LogP contribution is 2.33. The summed E-state index contributed by atoms with van der Waals surface area (Å²) in [5.41, 5.74) is 1.47. The van der Waals surface area contributed by atoms with Gasteiger partial charge in [-0.1, -0.05) is 53.5 Å². The highest BCUT2D eigenvalue weighted by molar-refractivity contribution is 6.36. The van der Waals surface area contributed by atoms with E-state index in [-0.39, 0.29) is 0 Å². The fourth-order valence-corrected chi connectivity index (χ4v) is 2.86. The molecule has 0 saturated heterocycles. The van der Waals surface area contributed by atoms with Crippen LogP contribution in [0.25, 0.3) is 23.2 Å². The zero-order valence-electron chi connectivity index (χ0n) is 11.3. The Labute approximate surface area is 142 Å². The minimum atomic E-state index is 0.490. The van der Waals surface area contributed by atoms with Gasteiger partial charge in [0.15, 0.2) is 11.6 Å². The zero-order valence-corrected chi connectivity index (χ0v) is 13.6. The third-order valence-electron chi connectivity index (χ3n) is 3.14. The first-order valence-corrected chi connectivity index (χ1v) is 7.53. The Morgan fingerprint density at radius 3 is 2.41 bits per heavy atom. The van der Waals surface area contributed by atoms with Crippen molar-refractivity contribution in [2.45, 2.75) is 0 Å². The molecule has 0 bridgehead atoms. The number of para-hydroxylation sites is 1. The molecule has 0 amide bonds. The van der Waals surface area contributed by atoms with Crippen LogP contribution in [-0.4, -0.2) is 14.8 Å². The number of nitrogens with zero attached hydrogens (tertiary/aromatic N) is 3. The molecule has 110 valence electrons. The molecule has 2 aromatic carbocycles. The molecule has 0 atom stereocenters. The molecule has 0 aliphatic heterocycles. The standard InChI is InChI=1S/C16H10Cl3N3/c1-2-15-20-21-16(11-8-7-10(17)9-13(11)19)22(15)14-6-4-3-5-12(14)18/h2-9H,1H2. The Morgan fingerprint density at radius 1 is 0.955 bits per heavy atom. The molecule has 22 heavy (non-hydrogen) atoms. The van der Waals surface area contributed by atoms with Crippen LogP contribution in [-0.2, 0) is 0 Å². The summed E-state index contributed by atoms with van der Waals surface area (Å²) in [4.78, 5) is 0. The lowest BCUT2D eigenvalue weighted by Crippen LogP contribution is -2.01. The van der Waals surface area contributed by atoms with Crippen molar-refractivity contribution in [2.24, 2.45) is 0 Å². The second-order valence-corrected chi connectivity index (χ2v) is 5.75. The third kappa shape index (κ3) is 2.63. The van der Waals surface area contributed by atoms with Gasteiger partial charge in [0.25, 0.3) is 0 Å². The van der Waals surface area contributed by atoms with Gasteiger partial charge in [-0.05, 0) is 36.4 Å². The molecule has 1 aromatic heterocycles. The molecule has 0 N–H and O–H groups in total. The first-order valence-electron chi connectivity index (χ1n) is 6.40. The Balaban J connectivity index is 2.29. The summed E-state index contributed by atoms with van der Waals surface area (Å²) < 4.78 is 1.81. The lowest BCUT2D eigenvalue weighted by molar-refractivity contribution is 1.04. The van der Waals surface area contributed by atoms with Gasteiger partial charge in [-0.2, -0.15) is 0 Å². The van der Waals surface area contributed by atoms with E-state index in [0.29, 0.717) is 32.3 Å². The van der Waals surface area contributed by atoms with E-state index in [4.69, 9.17) is 34.8 Å². The Hall–Kier alpha value is -1.81. The first kappa shape index (κ1) is 15.1. The van der Waals surface area contributed by atoms with E-state index >= 15 is 0 Å². The fraction of sp³-hybridized carbons (Fsp3) is 0. The van der Waals surface area contributed by atoms with Gasteiger partial charge in [-0.15, -0.1) is 10.2 Å². The fourth-order valence-electron chi connectivity index (χ4n) is 2.14. The molecule has 0 unspecified atom stereocenters. The van der Waals surface area contributed by atoms with Crippen molar-refractivity contribution in [3.05, 3.63) is 69.9 Å². The molecule has 6 heteroatoms. The second-order valence-electron chi connectivity index (χ2n) is 4.50. The molecule has 0 saturated carbocycles. The van der Waals surface area contributed by atoms with E-state index in [1.807, 2.05) is 22.8 Å². The Morgan fingerprint density at radius 2 is 1.73 bits per heavy atom. The molecular formula is C16H10Cl3N3. The predicted octanol–water partition coefficient (Wildman–Crippen LogP) is 5.54. The summed E-state index contributed by atoms with van der Waals surface area (Å²) in [5, 5.41) is 9.98. The number of hydrogen-bond donors (Lipinski definition) is 0. The van der Waals surface area contributed by atoms with E-state index in [1.165, 1.54) is 0 Å². The van der Waals surface area contributed by atoms with Gasteiger partial charge >= 0.3 is 0 Å². The smallest absolute Gasteiger partial charge is 0.170 e. The highest BCUT2D eigenvalue weighted by atomic mass is 35.5. The molecule has 0 aliphatic rings. The molecule has 3 rings (SSSR count). The van der Waals surface area contributed by atoms with Crippen LogP contribution in [0, 0.1) is 0 Å². The molecule has 0 radical (unpaired) electrons. The van der Waals surface area contributed by atoms with Crippen LogP contribution in [0.4, 0.5) is 0 Å². The molecule has 1 heterocycles. The van der Waals surface area contributed by atoms with Gasteiger partial charge in [0.2, 0.25) is 0 Å². The average molecular weight is 351 g/mol. The zero-order chi connectivity index (χ0) is 15.7. The summed E-state index contributed by atoms with van der Waals surface area (Å²) in [6.07, 6.45) is 1.61. The summed E-state index contributed by atoms with van der Waals surface area (Å²) >= 11 is 18.5. The maximum absolute atomic E-state index is 6.30. The van der Waals surface area contributed by atoms with E-state index < -0.39 is 0 Å². The van der Waals surface area contributed by atoms with Crippen LogP contribution in [0.15, 0.2) is 49.0 Å². The molecule has 0 spiro atoms. The highest BCUT2D eigenvalue weighted by Gasteiger charge is 2.17. The van der Waals surface area contributed by atoms with E-state index in [0.717, 1.165) is 5.69 Å². The average Bonchev–Trinajstić information content (AvgIpc) is 2.91. The van der Waals surface area contributed by atoms with Crippen molar-refractivity contribution in [3.8, 4) is 17.1 Å². The summed E-state index contributed by atoms with van der Waals surface area (Å²) in [6.45, 7) is 3.77.